The second kappa shape index (κ2) is 7.42. The fraction of sp³-hybridized carbons (Fsp3) is 0.375. The van der Waals surface area contributed by atoms with E-state index in [0.29, 0.717) is 5.69 Å². The average molecular weight is 367 g/mol. The molecule has 0 radical (unpaired) electrons. The van der Waals surface area contributed by atoms with Gasteiger partial charge in [0.2, 0.25) is 15.9 Å². The van der Waals surface area contributed by atoms with Crippen LogP contribution in [0.5, 0.6) is 0 Å². The van der Waals surface area contributed by atoms with Crippen molar-refractivity contribution in [2.75, 3.05) is 5.32 Å². The molecule has 2 rings (SSSR count). The van der Waals surface area contributed by atoms with Crippen molar-refractivity contribution in [3.63, 3.8) is 0 Å². The third kappa shape index (κ3) is 4.62. The number of aromatic nitrogens is 1. The van der Waals surface area contributed by atoms with Gasteiger partial charge in [-0.3, -0.25) is 4.79 Å². The van der Waals surface area contributed by atoms with E-state index in [9.17, 15) is 13.2 Å². The van der Waals surface area contributed by atoms with Crippen LogP contribution >= 0.6 is 11.3 Å². The molecule has 2 aromatic rings. The number of thiazole rings is 1. The molecule has 0 saturated heterocycles. The largest absolute Gasteiger partial charge is 0.326 e. The maximum Gasteiger partial charge on any atom is 0.240 e. The predicted molar refractivity (Wildman–Crippen MR) is 95.5 cm³/mol. The third-order valence-electron chi connectivity index (χ3n) is 3.38. The highest BCUT2D eigenvalue weighted by atomic mass is 32.2. The number of anilines is 1. The summed E-state index contributed by atoms with van der Waals surface area (Å²) >= 11 is 1.48. The Morgan fingerprint density at radius 1 is 1.21 bits per heavy atom. The van der Waals surface area contributed by atoms with Gasteiger partial charge in [-0.25, -0.2) is 18.1 Å². The lowest BCUT2D eigenvalue weighted by atomic mass is 10.2. The summed E-state index contributed by atoms with van der Waals surface area (Å²) in [6, 6.07) is 6.11. The zero-order valence-electron chi connectivity index (χ0n) is 14.1. The molecule has 2 N–H and O–H groups in total. The van der Waals surface area contributed by atoms with Gasteiger partial charge >= 0.3 is 0 Å². The maximum absolute atomic E-state index is 12.4. The maximum atomic E-state index is 12.4. The van der Waals surface area contributed by atoms with Crippen molar-refractivity contribution < 1.29 is 13.2 Å². The van der Waals surface area contributed by atoms with Gasteiger partial charge in [-0.2, -0.15) is 0 Å². The highest BCUT2D eigenvalue weighted by Crippen LogP contribution is 2.19. The van der Waals surface area contributed by atoms with Crippen LogP contribution in [0.2, 0.25) is 0 Å². The smallest absolute Gasteiger partial charge is 0.240 e. The fourth-order valence-corrected chi connectivity index (χ4v) is 3.95. The molecular formula is C16H21N3O3S2. The zero-order valence-corrected chi connectivity index (χ0v) is 15.7. The van der Waals surface area contributed by atoms with Crippen molar-refractivity contribution in [1.82, 2.24) is 9.71 Å². The van der Waals surface area contributed by atoms with Gasteiger partial charge in [0, 0.05) is 23.0 Å². The number of rotatable bonds is 6. The molecule has 1 amide bonds. The lowest BCUT2D eigenvalue weighted by molar-refractivity contribution is -0.118. The first-order chi connectivity index (χ1) is 11.2. The van der Waals surface area contributed by atoms with Gasteiger partial charge in [0.15, 0.2) is 0 Å². The molecular weight excluding hydrogens is 346 g/mol. The number of benzene rings is 1. The summed E-state index contributed by atoms with van der Waals surface area (Å²) in [6.45, 7) is 7.55. The summed E-state index contributed by atoms with van der Waals surface area (Å²) in [5.74, 6) is -0.249. The Kier molecular flexibility index (Phi) is 5.74. The van der Waals surface area contributed by atoms with E-state index in [1.165, 1.54) is 23.5 Å². The summed E-state index contributed by atoms with van der Waals surface area (Å²) < 4.78 is 27.3. The Hall–Kier alpha value is -1.77. The SMILES string of the molecule is Cc1nc(C)c(CNS(=O)(=O)c2ccc(NC(=O)C(C)C)cc2)s1. The quantitative estimate of drug-likeness (QED) is 0.822. The minimum absolute atomic E-state index is 0.111. The van der Waals surface area contributed by atoms with Crippen LogP contribution in [0, 0.1) is 19.8 Å². The van der Waals surface area contributed by atoms with Gasteiger partial charge in [0.1, 0.15) is 0 Å². The Balaban J connectivity index is 2.06. The lowest BCUT2D eigenvalue weighted by Gasteiger charge is -2.09. The molecule has 130 valence electrons. The summed E-state index contributed by atoms with van der Waals surface area (Å²) in [5, 5.41) is 3.64. The molecule has 0 aliphatic heterocycles. The van der Waals surface area contributed by atoms with Crippen molar-refractivity contribution in [3.8, 4) is 0 Å². The Morgan fingerprint density at radius 2 is 1.83 bits per heavy atom. The molecule has 6 nitrogen and oxygen atoms in total. The second-order valence-electron chi connectivity index (χ2n) is 5.73. The van der Waals surface area contributed by atoms with Gasteiger partial charge in [-0.05, 0) is 38.1 Å². The van der Waals surface area contributed by atoms with Gasteiger partial charge in [0.25, 0.3) is 0 Å². The summed E-state index contributed by atoms with van der Waals surface area (Å²) in [5.41, 5.74) is 1.41. The van der Waals surface area contributed by atoms with E-state index in [1.807, 2.05) is 13.8 Å². The molecule has 0 bridgehead atoms. The molecule has 0 aliphatic carbocycles. The Bertz CT molecular complexity index is 825. The Morgan fingerprint density at radius 3 is 2.33 bits per heavy atom. The number of carbonyl (C=O) groups is 1. The normalized spacial score (nSPS) is 11.7. The van der Waals surface area contributed by atoms with Crippen LogP contribution < -0.4 is 10.0 Å². The first kappa shape index (κ1) is 18.6. The van der Waals surface area contributed by atoms with Crippen LogP contribution in [0.15, 0.2) is 29.2 Å². The van der Waals surface area contributed by atoms with Crippen molar-refractivity contribution in [2.24, 2.45) is 5.92 Å². The van der Waals surface area contributed by atoms with E-state index in [1.54, 1.807) is 26.0 Å². The summed E-state index contributed by atoms with van der Waals surface area (Å²) in [7, 11) is -3.61. The molecule has 0 atom stereocenters. The topological polar surface area (TPSA) is 88.2 Å². The van der Waals surface area contributed by atoms with Gasteiger partial charge < -0.3 is 5.32 Å². The molecule has 0 saturated carbocycles. The number of hydrogen-bond donors (Lipinski definition) is 2. The van der Waals surface area contributed by atoms with E-state index < -0.39 is 10.0 Å². The van der Waals surface area contributed by atoms with Crippen LogP contribution in [0.4, 0.5) is 5.69 Å². The molecule has 8 heteroatoms. The highest BCUT2D eigenvalue weighted by molar-refractivity contribution is 7.89. The van der Waals surface area contributed by atoms with Crippen molar-refractivity contribution in [2.45, 2.75) is 39.1 Å². The second-order valence-corrected chi connectivity index (χ2v) is 8.79. The van der Waals surface area contributed by atoms with Crippen LogP contribution in [-0.2, 0) is 21.4 Å². The number of nitrogens with zero attached hydrogens (tertiary/aromatic N) is 1. The van der Waals surface area contributed by atoms with E-state index >= 15 is 0 Å². The van der Waals surface area contributed by atoms with Crippen molar-refractivity contribution in [3.05, 3.63) is 39.8 Å². The van der Waals surface area contributed by atoms with Crippen LogP contribution in [0.3, 0.4) is 0 Å². The monoisotopic (exact) mass is 367 g/mol. The van der Waals surface area contributed by atoms with E-state index in [-0.39, 0.29) is 23.3 Å². The third-order valence-corrected chi connectivity index (χ3v) is 5.87. The summed E-state index contributed by atoms with van der Waals surface area (Å²) in [4.78, 5) is 17.0. The number of amides is 1. The number of aryl methyl sites for hydroxylation is 2. The van der Waals surface area contributed by atoms with Gasteiger partial charge in [-0.15, -0.1) is 11.3 Å². The minimum atomic E-state index is -3.61. The van der Waals surface area contributed by atoms with Crippen LogP contribution in [0.1, 0.15) is 29.4 Å². The fourth-order valence-electron chi connectivity index (χ4n) is 1.99. The number of hydrogen-bond acceptors (Lipinski definition) is 5. The molecule has 24 heavy (non-hydrogen) atoms. The molecule has 1 aromatic carbocycles. The van der Waals surface area contributed by atoms with E-state index in [2.05, 4.69) is 15.0 Å². The van der Waals surface area contributed by atoms with Crippen LogP contribution in [0.25, 0.3) is 0 Å². The van der Waals surface area contributed by atoms with Crippen LogP contribution in [-0.4, -0.2) is 19.3 Å². The van der Waals surface area contributed by atoms with Crippen molar-refractivity contribution >= 4 is 33.0 Å². The molecule has 0 unspecified atom stereocenters. The lowest BCUT2D eigenvalue weighted by Crippen LogP contribution is -2.23. The molecule has 0 spiro atoms. The van der Waals surface area contributed by atoms with Gasteiger partial charge in [0.05, 0.1) is 15.6 Å². The highest BCUT2D eigenvalue weighted by Gasteiger charge is 2.16. The molecule has 1 heterocycles. The Labute approximate surface area is 146 Å². The first-order valence-corrected chi connectivity index (χ1v) is 9.82. The van der Waals surface area contributed by atoms with E-state index in [0.717, 1.165) is 15.6 Å². The molecule has 1 aromatic heterocycles. The summed E-state index contributed by atoms with van der Waals surface area (Å²) in [6.07, 6.45) is 0. The number of nitrogens with one attached hydrogen (secondary N) is 2. The van der Waals surface area contributed by atoms with Crippen molar-refractivity contribution in [1.29, 1.82) is 0 Å². The average Bonchev–Trinajstić information content (AvgIpc) is 2.83. The molecule has 0 fully saturated rings. The predicted octanol–water partition coefficient (Wildman–Crippen LogP) is 2.83. The first-order valence-electron chi connectivity index (χ1n) is 7.52. The van der Waals surface area contributed by atoms with E-state index in [4.69, 9.17) is 0 Å². The number of sulfonamides is 1. The van der Waals surface area contributed by atoms with Gasteiger partial charge in [-0.1, -0.05) is 13.8 Å². The number of carbonyl (C=O) groups excluding carboxylic acids is 1. The zero-order chi connectivity index (χ0) is 17.9. The standard InChI is InChI=1S/C16H21N3O3S2/c1-10(2)16(20)19-13-5-7-14(8-6-13)24(21,22)17-9-15-11(3)18-12(4)23-15/h5-8,10,17H,9H2,1-4H3,(H,19,20). The molecule has 0 aliphatic rings. The minimum Gasteiger partial charge on any atom is -0.326 e.